The molecule has 56 heavy (non-hydrogen) atoms. The highest BCUT2D eigenvalue weighted by Gasteiger charge is 2.38. The van der Waals surface area contributed by atoms with Crippen molar-refractivity contribution in [2.75, 3.05) is 0 Å². The minimum atomic E-state index is -0.111. The van der Waals surface area contributed by atoms with Crippen molar-refractivity contribution >= 4 is 65.0 Å². The number of hydrogen-bond acceptors (Lipinski definition) is 1. The van der Waals surface area contributed by atoms with Crippen molar-refractivity contribution in [3.63, 3.8) is 0 Å². The Hall–Kier alpha value is -6.96. The highest BCUT2D eigenvalue weighted by molar-refractivity contribution is 6.24. The maximum Gasteiger partial charge on any atom is 0.136 e. The van der Waals surface area contributed by atoms with E-state index in [0.717, 1.165) is 16.6 Å². The maximum atomic E-state index is 6.43. The summed E-state index contributed by atoms with van der Waals surface area (Å²) < 4.78 is 6.43. The van der Waals surface area contributed by atoms with Crippen LogP contribution < -0.4 is 0 Å². The molecule has 1 nitrogen and oxygen atoms in total. The summed E-state index contributed by atoms with van der Waals surface area (Å²) in [5.41, 5.74) is 14.7. The van der Waals surface area contributed by atoms with Crippen LogP contribution in [0.2, 0.25) is 0 Å². The topological polar surface area (TPSA) is 13.1 Å². The lowest BCUT2D eigenvalue weighted by atomic mass is 9.80. The standard InChI is InChI=1S/C55H36O/c1-55(2)47-24-12-23-39(52(47)45-28-25-34-14-4-6-18-40(34)54(45)55)35-15-11-16-36(31-35)50-41-19-7-9-21-43(41)51(44-22-10-8-20-42(44)50)37-27-29-48-46(32-37)53-38-17-5-3-13-33(38)26-30-49(53)56-48/h3-32H,1-2H3. The Morgan fingerprint density at radius 3 is 1.62 bits per heavy atom. The summed E-state index contributed by atoms with van der Waals surface area (Å²) in [7, 11) is 0. The van der Waals surface area contributed by atoms with E-state index in [2.05, 4.69) is 196 Å². The normalized spacial score (nSPS) is 13.3. The lowest BCUT2D eigenvalue weighted by Gasteiger charge is -2.23. The molecule has 0 saturated heterocycles. The largest absolute Gasteiger partial charge is 0.456 e. The van der Waals surface area contributed by atoms with E-state index in [9.17, 15) is 0 Å². The molecule has 0 amide bonds. The summed E-state index contributed by atoms with van der Waals surface area (Å²) >= 11 is 0. The molecule has 0 atom stereocenters. The Balaban J connectivity index is 1.08. The Kier molecular flexibility index (Phi) is 6.46. The molecule has 10 aromatic carbocycles. The van der Waals surface area contributed by atoms with E-state index in [4.69, 9.17) is 4.42 Å². The molecule has 0 aliphatic heterocycles. The van der Waals surface area contributed by atoms with Gasteiger partial charge in [0.1, 0.15) is 11.2 Å². The van der Waals surface area contributed by atoms with Crippen molar-refractivity contribution in [3.8, 4) is 44.5 Å². The second kappa shape index (κ2) is 11.5. The molecule has 1 aromatic heterocycles. The van der Waals surface area contributed by atoms with Gasteiger partial charge in [-0.25, -0.2) is 0 Å². The van der Waals surface area contributed by atoms with Crippen LogP contribution in [0.1, 0.15) is 25.0 Å². The van der Waals surface area contributed by atoms with Crippen LogP contribution in [0.3, 0.4) is 0 Å². The Morgan fingerprint density at radius 1 is 0.357 bits per heavy atom. The Bertz CT molecular complexity index is 3390. The van der Waals surface area contributed by atoms with Crippen LogP contribution in [-0.4, -0.2) is 0 Å². The summed E-state index contributed by atoms with van der Waals surface area (Å²) in [6.07, 6.45) is 0. The predicted octanol–water partition coefficient (Wildman–Crippen LogP) is 15.5. The van der Waals surface area contributed by atoms with Gasteiger partial charge in [0.15, 0.2) is 0 Å². The predicted molar refractivity (Wildman–Crippen MR) is 238 cm³/mol. The van der Waals surface area contributed by atoms with Crippen LogP contribution in [-0.2, 0) is 5.41 Å². The number of benzene rings is 10. The van der Waals surface area contributed by atoms with Crippen LogP contribution >= 0.6 is 0 Å². The first-order valence-electron chi connectivity index (χ1n) is 19.6. The SMILES string of the molecule is CC1(C)c2cccc(-c3cccc(-c4c5ccccc5c(-c5ccc6oc7ccc8ccccc8c7c6c5)c5ccccc45)c3)c2-c2ccc3ccccc3c21. The third-order valence-electron chi connectivity index (χ3n) is 12.6. The van der Waals surface area contributed by atoms with Gasteiger partial charge in [-0.15, -0.1) is 0 Å². The third-order valence-corrected chi connectivity index (χ3v) is 12.6. The molecule has 0 saturated carbocycles. The lowest BCUT2D eigenvalue weighted by molar-refractivity contribution is 0.666. The first kappa shape index (κ1) is 31.4. The van der Waals surface area contributed by atoms with Crippen molar-refractivity contribution < 1.29 is 4.42 Å². The van der Waals surface area contributed by atoms with E-state index < -0.39 is 0 Å². The van der Waals surface area contributed by atoms with Crippen LogP contribution in [0.15, 0.2) is 186 Å². The first-order chi connectivity index (χ1) is 27.5. The number of furan rings is 1. The monoisotopic (exact) mass is 712 g/mol. The molecular weight excluding hydrogens is 677 g/mol. The van der Waals surface area contributed by atoms with Crippen molar-refractivity contribution in [2.24, 2.45) is 0 Å². The molecule has 0 radical (unpaired) electrons. The van der Waals surface area contributed by atoms with Gasteiger partial charge in [0.2, 0.25) is 0 Å². The van der Waals surface area contributed by atoms with Crippen molar-refractivity contribution in [1.82, 2.24) is 0 Å². The van der Waals surface area contributed by atoms with Crippen molar-refractivity contribution in [2.45, 2.75) is 19.3 Å². The van der Waals surface area contributed by atoms with E-state index in [0.29, 0.717) is 0 Å². The van der Waals surface area contributed by atoms with E-state index in [1.54, 1.807) is 0 Å². The zero-order valence-corrected chi connectivity index (χ0v) is 31.2. The molecule has 0 unspecified atom stereocenters. The molecule has 11 aromatic rings. The Labute approximate surface area is 325 Å². The smallest absolute Gasteiger partial charge is 0.136 e. The van der Waals surface area contributed by atoms with Crippen molar-refractivity contribution in [1.29, 1.82) is 0 Å². The van der Waals surface area contributed by atoms with Crippen molar-refractivity contribution in [3.05, 3.63) is 193 Å². The molecule has 0 spiro atoms. The zero-order chi connectivity index (χ0) is 37.1. The van der Waals surface area contributed by atoms with Crippen LogP contribution in [0.5, 0.6) is 0 Å². The fraction of sp³-hybridized carbons (Fsp3) is 0.0545. The van der Waals surface area contributed by atoms with Gasteiger partial charge in [0, 0.05) is 16.2 Å². The molecule has 1 aliphatic rings. The maximum absolute atomic E-state index is 6.43. The minimum absolute atomic E-state index is 0.111. The van der Waals surface area contributed by atoms with Gasteiger partial charge in [-0.05, 0) is 123 Å². The van der Waals surface area contributed by atoms with Gasteiger partial charge in [-0.3, -0.25) is 0 Å². The molecule has 1 heteroatoms. The van der Waals surface area contributed by atoms with Crippen LogP contribution in [0.25, 0.3) is 110 Å². The Morgan fingerprint density at radius 2 is 0.911 bits per heavy atom. The van der Waals surface area contributed by atoms with Crippen LogP contribution in [0, 0.1) is 0 Å². The molecule has 1 aliphatic carbocycles. The van der Waals surface area contributed by atoms with E-state index in [1.807, 2.05) is 0 Å². The van der Waals surface area contributed by atoms with E-state index in [-0.39, 0.29) is 5.41 Å². The molecule has 0 N–H and O–H groups in total. The van der Waals surface area contributed by atoms with E-state index in [1.165, 1.54) is 104 Å². The van der Waals surface area contributed by atoms with Gasteiger partial charge in [-0.1, -0.05) is 172 Å². The molecule has 0 bridgehead atoms. The zero-order valence-electron chi connectivity index (χ0n) is 31.2. The highest BCUT2D eigenvalue weighted by Crippen LogP contribution is 2.55. The number of hydrogen-bond donors (Lipinski definition) is 0. The van der Waals surface area contributed by atoms with E-state index >= 15 is 0 Å². The lowest BCUT2D eigenvalue weighted by Crippen LogP contribution is -2.15. The summed E-state index contributed by atoms with van der Waals surface area (Å²) in [4.78, 5) is 0. The highest BCUT2D eigenvalue weighted by atomic mass is 16.3. The number of fused-ring (bicyclic) bond motifs is 12. The minimum Gasteiger partial charge on any atom is -0.456 e. The van der Waals surface area contributed by atoms with Gasteiger partial charge in [0.05, 0.1) is 0 Å². The van der Waals surface area contributed by atoms with Crippen LogP contribution in [0.4, 0.5) is 0 Å². The number of rotatable bonds is 3. The second-order valence-electron chi connectivity index (χ2n) is 16.0. The fourth-order valence-electron chi connectivity index (χ4n) is 10.2. The summed E-state index contributed by atoms with van der Waals surface area (Å²) in [5.74, 6) is 0. The van der Waals surface area contributed by atoms with Gasteiger partial charge < -0.3 is 4.42 Å². The molecular formula is C55H36O. The second-order valence-corrected chi connectivity index (χ2v) is 16.0. The fourth-order valence-corrected chi connectivity index (χ4v) is 10.2. The average molecular weight is 713 g/mol. The third kappa shape index (κ3) is 4.31. The average Bonchev–Trinajstić information content (AvgIpc) is 3.74. The summed E-state index contributed by atoms with van der Waals surface area (Å²) in [5, 5.41) is 12.4. The summed E-state index contributed by atoms with van der Waals surface area (Å²) in [6, 6.07) is 67.1. The molecule has 12 rings (SSSR count). The molecule has 262 valence electrons. The van der Waals surface area contributed by atoms with Gasteiger partial charge in [0.25, 0.3) is 0 Å². The van der Waals surface area contributed by atoms with Gasteiger partial charge >= 0.3 is 0 Å². The van der Waals surface area contributed by atoms with Gasteiger partial charge in [-0.2, -0.15) is 0 Å². The quantitative estimate of drug-likeness (QED) is 0.166. The molecule has 1 heterocycles. The summed E-state index contributed by atoms with van der Waals surface area (Å²) in [6.45, 7) is 4.78. The first-order valence-corrected chi connectivity index (χ1v) is 19.6. The molecule has 0 fully saturated rings.